The summed E-state index contributed by atoms with van der Waals surface area (Å²) in [6, 6.07) is 5.11. The molecule has 1 aromatic rings. The van der Waals surface area contributed by atoms with Gasteiger partial charge in [0.25, 0.3) is 5.91 Å². The Morgan fingerprint density at radius 2 is 1.81 bits per heavy atom. The minimum Gasteiger partial charge on any atom is -0.343 e. The second kappa shape index (κ2) is 8.80. The van der Waals surface area contributed by atoms with E-state index < -0.39 is 0 Å². The van der Waals surface area contributed by atoms with E-state index in [9.17, 15) is 9.59 Å². The predicted molar refractivity (Wildman–Crippen MR) is 108 cm³/mol. The Morgan fingerprint density at radius 3 is 2.48 bits per heavy atom. The maximum atomic E-state index is 12.5. The van der Waals surface area contributed by atoms with Crippen LogP contribution in [0.4, 0.5) is 0 Å². The van der Waals surface area contributed by atoms with E-state index in [2.05, 4.69) is 24.1 Å². The van der Waals surface area contributed by atoms with Gasteiger partial charge < -0.3 is 10.2 Å². The van der Waals surface area contributed by atoms with E-state index >= 15 is 0 Å². The lowest BCUT2D eigenvalue weighted by molar-refractivity contribution is -0.129. The fourth-order valence-corrected chi connectivity index (χ4v) is 4.58. The van der Waals surface area contributed by atoms with E-state index in [-0.39, 0.29) is 18.4 Å². The fourth-order valence-electron chi connectivity index (χ4n) is 4.28. The van der Waals surface area contributed by atoms with Crippen LogP contribution in [0.3, 0.4) is 0 Å². The molecule has 3 rings (SSSR count). The summed E-state index contributed by atoms with van der Waals surface area (Å²) in [7, 11) is 0. The van der Waals surface area contributed by atoms with Gasteiger partial charge in [-0.1, -0.05) is 37.0 Å². The number of rotatable bonds is 4. The molecule has 3 unspecified atom stereocenters. The minimum absolute atomic E-state index is 0.00138. The van der Waals surface area contributed by atoms with Crippen molar-refractivity contribution in [3.8, 4) is 0 Å². The molecular weight excluding hydrogens is 385 g/mol. The van der Waals surface area contributed by atoms with Crippen molar-refractivity contribution in [1.29, 1.82) is 0 Å². The van der Waals surface area contributed by atoms with Gasteiger partial charge in [0.2, 0.25) is 5.91 Å². The van der Waals surface area contributed by atoms with Crippen LogP contribution in [0.2, 0.25) is 10.0 Å². The third-order valence-corrected chi connectivity index (χ3v) is 6.25. The number of halogens is 2. The molecule has 0 saturated carbocycles. The molecule has 1 aromatic carbocycles. The molecule has 2 aliphatic heterocycles. The van der Waals surface area contributed by atoms with Gasteiger partial charge in [-0.3, -0.25) is 14.5 Å². The molecule has 27 heavy (non-hydrogen) atoms. The van der Waals surface area contributed by atoms with Crippen LogP contribution in [0, 0.1) is 11.8 Å². The van der Waals surface area contributed by atoms with Crippen molar-refractivity contribution in [2.24, 2.45) is 11.8 Å². The quantitative estimate of drug-likeness (QED) is 0.826. The van der Waals surface area contributed by atoms with Crippen LogP contribution in [0.5, 0.6) is 0 Å². The maximum absolute atomic E-state index is 12.5. The Morgan fingerprint density at radius 1 is 1.11 bits per heavy atom. The molecule has 2 aliphatic rings. The van der Waals surface area contributed by atoms with Crippen LogP contribution in [0.25, 0.3) is 0 Å². The Labute approximate surface area is 171 Å². The molecule has 2 heterocycles. The van der Waals surface area contributed by atoms with Crippen molar-refractivity contribution >= 4 is 35.0 Å². The average Bonchev–Trinajstić information content (AvgIpc) is 3.11. The average molecular weight is 412 g/mol. The number of likely N-dealkylation sites (tertiary alicyclic amines) is 2. The summed E-state index contributed by atoms with van der Waals surface area (Å²) < 4.78 is 0. The Kier molecular flexibility index (Phi) is 6.66. The van der Waals surface area contributed by atoms with Crippen molar-refractivity contribution in [2.75, 3.05) is 32.7 Å². The lowest BCUT2D eigenvalue weighted by Gasteiger charge is -2.38. The first-order valence-electron chi connectivity index (χ1n) is 9.58. The normalized spacial score (nSPS) is 26.2. The Bertz CT molecular complexity index is 702. The van der Waals surface area contributed by atoms with E-state index in [1.807, 2.05) is 4.90 Å². The number of nitrogens with one attached hydrogen (secondary N) is 1. The Balaban J connectivity index is 1.49. The number of hydrogen-bond acceptors (Lipinski definition) is 3. The molecule has 0 aliphatic carbocycles. The topological polar surface area (TPSA) is 52.6 Å². The second-order valence-corrected chi connectivity index (χ2v) is 8.81. The summed E-state index contributed by atoms with van der Waals surface area (Å²) in [6.07, 6.45) is 2.29. The van der Waals surface area contributed by atoms with Gasteiger partial charge in [-0.15, -0.1) is 0 Å². The number of nitrogens with zero attached hydrogens (tertiary/aromatic N) is 2. The van der Waals surface area contributed by atoms with Crippen LogP contribution in [-0.2, 0) is 4.79 Å². The molecule has 148 valence electrons. The van der Waals surface area contributed by atoms with Gasteiger partial charge in [-0.05, 0) is 42.9 Å². The van der Waals surface area contributed by atoms with Gasteiger partial charge >= 0.3 is 0 Å². The first-order chi connectivity index (χ1) is 12.8. The van der Waals surface area contributed by atoms with E-state index in [0.717, 1.165) is 32.6 Å². The van der Waals surface area contributed by atoms with Crippen molar-refractivity contribution < 1.29 is 9.59 Å². The summed E-state index contributed by atoms with van der Waals surface area (Å²) in [4.78, 5) is 29.1. The molecule has 0 aromatic heterocycles. The second-order valence-electron chi connectivity index (χ2n) is 7.99. The smallest absolute Gasteiger partial charge is 0.251 e. The van der Waals surface area contributed by atoms with Crippen LogP contribution < -0.4 is 5.32 Å². The van der Waals surface area contributed by atoms with E-state index in [1.165, 1.54) is 12.5 Å². The van der Waals surface area contributed by atoms with E-state index in [4.69, 9.17) is 23.2 Å². The molecule has 2 amide bonds. The molecule has 2 fully saturated rings. The third kappa shape index (κ3) is 5.15. The SMILES string of the molecule is CC1CC(C)CN(C2CCN(C(=O)CNC(=O)c3ccc(Cl)c(Cl)c3)C2)C1. The minimum atomic E-state index is -0.323. The van der Waals surface area contributed by atoms with Crippen LogP contribution in [-0.4, -0.2) is 60.4 Å². The van der Waals surface area contributed by atoms with E-state index in [0.29, 0.717) is 33.5 Å². The van der Waals surface area contributed by atoms with Gasteiger partial charge in [0.05, 0.1) is 16.6 Å². The fraction of sp³-hybridized carbons (Fsp3) is 0.600. The maximum Gasteiger partial charge on any atom is 0.251 e. The number of carbonyl (C=O) groups excluding carboxylic acids is 2. The highest BCUT2D eigenvalue weighted by molar-refractivity contribution is 6.42. The molecule has 7 heteroatoms. The summed E-state index contributed by atoms with van der Waals surface area (Å²) in [5, 5.41) is 3.40. The molecule has 0 bridgehead atoms. The third-order valence-electron chi connectivity index (χ3n) is 5.51. The first-order valence-corrected chi connectivity index (χ1v) is 10.3. The van der Waals surface area contributed by atoms with Crippen LogP contribution in [0.15, 0.2) is 18.2 Å². The van der Waals surface area contributed by atoms with Gasteiger partial charge in [-0.2, -0.15) is 0 Å². The van der Waals surface area contributed by atoms with Crippen LogP contribution in [0.1, 0.15) is 37.0 Å². The van der Waals surface area contributed by atoms with Crippen LogP contribution >= 0.6 is 23.2 Å². The molecule has 1 N–H and O–H groups in total. The standard InChI is InChI=1S/C20H27Cl2N3O2/c1-13-7-14(2)11-25(10-13)16-5-6-24(12-16)19(26)9-23-20(27)15-3-4-17(21)18(22)8-15/h3-4,8,13-14,16H,5-7,9-12H2,1-2H3,(H,23,27). The van der Waals surface area contributed by atoms with Gasteiger partial charge in [-0.25, -0.2) is 0 Å². The number of amides is 2. The highest BCUT2D eigenvalue weighted by atomic mass is 35.5. The van der Waals surface area contributed by atoms with Crippen molar-refractivity contribution in [2.45, 2.75) is 32.7 Å². The number of piperidine rings is 1. The highest BCUT2D eigenvalue weighted by Crippen LogP contribution is 2.26. The summed E-state index contributed by atoms with van der Waals surface area (Å²) in [5.41, 5.74) is 0.396. The molecule has 2 saturated heterocycles. The van der Waals surface area contributed by atoms with Crippen molar-refractivity contribution in [3.05, 3.63) is 33.8 Å². The van der Waals surface area contributed by atoms with Gasteiger partial charge in [0.1, 0.15) is 0 Å². The van der Waals surface area contributed by atoms with Crippen molar-refractivity contribution in [3.63, 3.8) is 0 Å². The number of carbonyl (C=O) groups is 2. The zero-order valence-corrected chi connectivity index (χ0v) is 17.4. The summed E-state index contributed by atoms with van der Waals surface area (Å²) in [6.45, 7) is 8.35. The first kappa shape index (κ1) is 20.4. The lowest BCUT2D eigenvalue weighted by Crippen LogP contribution is -2.47. The molecule has 3 atom stereocenters. The lowest BCUT2D eigenvalue weighted by atomic mass is 9.91. The van der Waals surface area contributed by atoms with Gasteiger partial charge in [0, 0.05) is 37.8 Å². The zero-order valence-electron chi connectivity index (χ0n) is 15.9. The summed E-state index contributed by atoms with van der Waals surface area (Å²) in [5.74, 6) is 1.06. The largest absolute Gasteiger partial charge is 0.343 e. The predicted octanol–water partition coefficient (Wildman–Crippen LogP) is 3.30. The van der Waals surface area contributed by atoms with E-state index in [1.54, 1.807) is 12.1 Å². The summed E-state index contributed by atoms with van der Waals surface area (Å²) >= 11 is 11.8. The molecule has 0 spiro atoms. The monoisotopic (exact) mass is 411 g/mol. The van der Waals surface area contributed by atoms with Gasteiger partial charge in [0.15, 0.2) is 0 Å². The Hall–Kier alpha value is -1.30. The highest BCUT2D eigenvalue weighted by Gasteiger charge is 2.33. The zero-order chi connectivity index (χ0) is 19.6. The number of benzene rings is 1. The molecular formula is C20H27Cl2N3O2. The molecule has 0 radical (unpaired) electrons. The molecule has 5 nitrogen and oxygen atoms in total. The van der Waals surface area contributed by atoms with Crippen molar-refractivity contribution in [1.82, 2.24) is 15.1 Å². The number of hydrogen-bond donors (Lipinski definition) is 1.